The quantitative estimate of drug-likeness (QED) is 0.498. The number of unbranched alkanes of at least 4 members (excludes halogenated alkanes) is 1. The summed E-state index contributed by atoms with van der Waals surface area (Å²) in [6, 6.07) is 0. The van der Waals surface area contributed by atoms with Crippen LogP contribution in [0.2, 0.25) is 0 Å². The van der Waals surface area contributed by atoms with Crippen molar-refractivity contribution in [2.75, 3.05) is 0 Å². The molecule has 0 saturated carbocycles. The summed E-state index contributed by atoms with van der Waals surface area (Å²) in [5.74, 6) is 2.82. The third kappa shape index (κ3) is 5.02. The summed E-state index contributed by atoms with van der Waals surface area (Å²) in [4.78, 5) is 0. The van der Waals surface area contributed by atoms with Gasteiger partial charge in [0.2, 0.25) is 0 Å². The highest BCUT2D eigenvalue weighted by atomic mass is 14.3. The van der Waals surface area contributed by atoms with Gasteiger partial charge in [0.05, 0.1) is 0 Å². The summed E-state index contributed by atoms with van der Waals surface area (Å²) in [7, 11) is 0. The first kappa shape index (κ1) is 14.0. The zero-order valence-corrected chi connectivity index (χ0v) is 11.0. The number of rotatable bonds is 8. The highest BCUT2D eigenvalue weighted by Gasteiger charge is 2.21. The van der Waals surface area contributed by atoms with E-state index >= 15 is 0 Å². The van der Waals surface area contributed by atoms with Crippen LogP contribution in [-0.4, -0.2) is 0 Å². The van der Waals surface area contributed by atoms with Crippen molar-refractivity contribution < 1.29 is 0 Å². The van der Waals surface area contributed by atoms with E-state index in [4.69, 9.17) is 0 Å². The summed E-state index contributed by atoms with van der Waals surface area (Å²) in [6.07, 6.45) is 8.41. The molecule has 2 atom stereocenters. The van der Waals surface area contributed by atoms with E-state index in [0.717, 1.165) is 17.8 Å². The van der Waals surface area contributed by atoms with Gasteiger partial charge in [-0.1, -0.05) is 73.1 Å². The third-order valence-corrected chi connectivity index (χ3v) is 3.52. The Hall–Kier alpha value is 0. The fraction of sp³-hybridized carbons (Fsp3) is 1.00. The summed E-state index contributed by atoms with van der Waals surface area (Å²) in [5.41, 5.74) is 0. The molecule has 0 aliphatic carbocycles. The van der Waals surface area contributed by atoms with Crippen molar-refractivity contribution in [2.24, 2.45) is 17.8 Å². The molecule has 0 aliphatic heterocycles. The summed E-state index contributed by atoms with van der Waals surface area (Å²) in [6.45, 7) is 11.8. The molecule has 0 bridgehead atoms. The van der Waals surface area contributed by atoms with Crippen LogP contribution in [0.4, 0.5) is 0 Å². The maximum Gasteiger partial charge on any atom is -0.0365 e. The van der Waals surface area contributed by atoms with Gasteiger partial charge in [0.1, 0.15) is 0 Å². The highest BCUT2D eigenvalue weighted by molar-refractivity contribution is 4.71. The van der Waals surface area contributed by atoms with E-state index in [-0.39, 0.29) is 0 Å². The van der Waals surface area contributed by atoms with Gasteiger partial charge < -0.3 is 0 Å². The average Bonchev–Trinajstić information content (AvgIpc) is 2.14. The minimum absolute atomic E-state index is 0.869. The smallest absolute Gasteiger partial charge is 0.0365 e. The topological polar surface area (TPSA) is 0 Å². The lowest BCUT2D eigenvalue weighted by Crippen LogP contribution is -2.19. The Morgan fingerprint density at radius 1 is 0.857 bits per heavy atom. The molecule has 0 aromatic heterocycles. The molecule has 14 heavy (non-hydrogen) atoms. The molecule has 86 valence electrons. The Morgan fingerprint density at radius 3 is 1.86 bits per heavy atom. The van der Waals surface area contributed by atoms with Crippen LogP contribution in [0.3, 0.4) is 0 Å². The molecular weight excluding hydrogens is 168 g/mol. The van der Waals surface area contributed by atoms with E-state index in [9.17, 15) is 0 Å². The number of hydrogen-bond donors (Lipinski definition) is 0. The Morgan fingerprint density at radius 2 is 1.50 bits per heavy atom. The molecule has 0 aromatic carbocycles. The summed E-state index contributed by atoms with van der Waals surface area (Å²) in [5, 5.41) is 0. The molecule has 0 aliphatic rings. The van der Waals surface area contributed by atoms with Crippen LogP contribution >= 0.6 is 0 Å². The molecule has 0 nitrogen and oxygen atoms in total. The van der Waals surface area contributed by atoms with Gasteiger partial charge in [-0.2, -0.15) is 0 Å². The molecule has 0 aromatic rings. The molecular formula is C14H30. The van der Waals surface area contributed by atoms with Gasteiger partial charge in [-0.3, -0.25) is 0 Å². The molecule has 0 N–H and O–H groups in total. The Labute approximate surface area is 91.5 Å². The maximum atomic E-state index is 2.39. The van der Waals surface area contributed by atoms with E-state index in [1.165, 1.54) is 38.5 Å². The fourth-order valence-electron chi connectivity index (χ4n) is 2.76. The van der Waals surface area contributed by atoms with E-state index in [0.29, 0.717) is 0 Å². The molecule has 0 fully saturated rings. The van der Waals surface area contributed by atoms with Crippen LogP contribution in [0, 0.1) is 17.8 Å². The van der Waals surface area contributed by atoms with Gasteiger partial charge in [-0.15, -0.1) is 0 Å². The van der Waals surface area contributed by atoms with Crippen LogP contribution < -0.4 is 0 Å². The summed E-state index contributed by atoms with van der Waals surface area (Å²) >= 11 is 0. The van der Waals surface area contributed by atoms with Crippen molar-refractivity contribution in [1.82, 2.24) is 0 Å². The van der Waals surface area contributed by atoms with Gasteiger partial charge in [0, 0.05) is 0 Å². The van der Waals surface area contributed by atoms with E-state index in [2.05, 4.69) is 34.6 Å². The largest absolute Gasteiger partial charge is 0.0654 e. The van der Waals surface area contributed by atoms with Gasteiger partial charge in [-0.25, -0.2) is 0 Å². The molecule has 0 radical (unpaired) electrons. The zero-order chi connectivity index (χ0) is 11.0. The molecule has 0 spiro atoms. The average molecular weight is 198 g/mol. The normalized spacial score (nSPS) is 15.9. The van der Waals surface area contributed by atoms with E-state index in [1.807, 2.05) is 0 Å². The van der Waals surface area contributed by atoms with Crippen molar-refractivity contribution in [3.63, 3.8) is 0 Å². The summed E-state index contributed by atoms with van der Waals surface area (Å²) < 4.78 is 0. The molecule has 0 heteroatoms. The molecule has 0 rings (SSSR count). The highest BCUT2D eigenvalue weighted by Crippen LogP contribution is 2.31. The fourth-order valence-corrected chi connectivity index (χ4v) is 2.76. The first-order valence-electron chi connectivity index (χ1n) is 6.67. The second-order valence-corrected chi connectivity index (χ2v) is 5.01. The van der Waals surface area contributed by atoms with Crippen molar-refractivity contribution in [2.45, 2.75) is 73.1 Å². The van der Waals surface area contributed by atoms with E-state index < -0.39 is 0 Å². The van der Waals surface area contributed by atoms with Crippen LogP contribution in [0.1, 0.15) is 73.1 Å². The van der Waals surface area contributed by atoms with Crippen molar-refractivity contribution in [1.29, 1.82) is 0 Å². The molecule has 0 saturated heterocycles. The Kier molecular flexibility index (Phi) is 8.32. The molecule has 0 heterocycles. The SMILES string of the molecule is CCCCC(CCC)C(CC)C(C)C. The van der Waals surface area contributed by atoms with Crippen molar-refractivity contribution in [3.8, 4) is 0 Å². The monoisotopic (exact) mass is 198 g/mol. The van der Waals surface area contributed by atoms with Crippen LogP contribution in [0.15, 0.2) is 0 Å². The van der Waals surface area contributed by atoms with Crippen LogP contribution in [0.5, 0.6) is 0 Å². The molecule has 0 amide bonds. The zero-order valence-electron chi connectivity index (χ0n) is 11.0. The van der Waals surface area contributed by atoms with Gasteiger partial charge in [0.25, 0.3) is 0 Å². The lowest BCUT2D eigenvalue weighted by molar-refractivity contribution is 0.214. The second-order valence-electron chi connectivity index (χ2n) is 5.01. The van der Waals surface area contributed by atoms with E-state index in [1.54, 1.807) is 0 Å². The maximum absolute atomic E-state index is 2.39. The number of hydrogen-bond acceptors (Lipinski definition) is 0. The minimum atomic E-state index is 0.869. The Balaban J connectivity index is 4.12. The lowest BCUT2D eigenvalue weighted by Gasteiger charge is -2.29. The van der Waals surface area contributed by atoms with Crippen molar-refractivity contribution in [3.05, 3.63) is 0 Å². The first-order chi connectivity index (χ1) is 6.67. The van der Waals surface area contributed by atoms with Crippen LogP contribution in [0.25, 0.3) is 0 Å². The van der Waals surface area contributed by atoms with Gasteiger partial charge in [-0.05, 0) is 17.8 Å². The van der Waals surface area contributed by atoms with Gasteiger partial charge in [0.15, 0.2) is 0 Å². The predicted molar refractivity (Wildman–Crippen MR) is 66.5 cm³/mol. The predicted octanol–water partition coefficient (Wildman–Crippen LogP) is 5.28. The van der Waals surface area contributed by atoms with Gasteiger partial charge >= 0.3 is 0 Å². The minimum Gasteiger partial charge on any atom is -0.0654 e. The Bertz CT molecular complexity index is 115. The second kappa shape index (κ2) is 8.32. The molecule has 2 unspecified atom stereocenters. The lowest BCUT2D eigenvalue weighted by atomic mass is 9.77. The standard InChI is InChI=1S/C14H30/c1-6-9-11-13(10-7-2)14(8-3)12(4)5/h12-14H,6-11H2,1-5H3. The van der Waals surface area contributed by atoms with Crippen molar-refractivity contribution >= 4 is 0 Å². The first-order valence-corrected chi connectivity index (χ1v) is 6.67. The van der Waals surface area contributed by atoms with Crippen LogP contribution in [-0.2, 0) is 0 Å². The third-order valence-electron chi connectivity index (χ3n) is 3.52.